The first-order valence-electron chi connectivity index (χ1n) is 38.4. The van der Waals surface area contributed by atoms with E-state index in [9.17, 15) is 31.4 Å². The summed E-state index contributed by atoms with van der Waals surface area (Å²) in [5.41, 5.74) is 4.43. The van der Waals surface area contributed by atoms with E-state index in [1.807, 2.05) is 84.6 Å². The maximum atomic E-state index is 15.7. The van der Waals surface area contributed by atoms with Gasteiger partial charge in [0.25, 0.3) is 5.92 Å². The molecule has 9 aromatic rings. The number of aliphatic hydroxyl groups excluding tert-OH is 1. The van der Waals surface area contributed by atoms with Gasteiger partial charge in [0.1, 0.15) is 83.2 Å². The first-order valence-corrected chi connectivity index (χ1v) is 38.4. The number of ether oxygens (including phenoxy) is 3. The molecule has 110 heavy (non-hydrogen) atoms. The fourth-order valence-electron chi connectivity index (χ4n) is 17.0. The molecular formula is C85H103F12N9O4. The molecule has 6 atom stereocenters. The summed E-state index contributed by atoms with van der Waals surface area (Å²) in [5.74, 6) is -7.29. The summed E-state index contributed by atoms with van der Waals surface area (Å²) in [4.78, 5) is 20.9. The van der Waals surface area contributed by atoms with Crippen molar-refractivity contribution in [2.24, 2.45) is 5.92 Å². The van der Waals surface area contributed by atoms with Crippen molar-refractivity contribution in [2.75, 3.05) is 91.8 Å². The number of aromatic nitrogens is 3. The lowest BCUT2D eigenvalue weighted by Gasteiger charge is -2.43. The minimum atomic E-state index is -4.53. The van der Waals surface area contributed by atoms with Crippen molar-refractivity contribution in [2.45, 2.75) is 180 Å². The Hall–Kier alpha value is -7.78. The van der Waals surface area contributed by atoms with E-state index in [1.54, 1.807) is 13.8 Å². The van der Waals surface area contributed by atoms with Crippen LogP contribution in [0.3, 0.4) is 0 Å². The Morgan fingerprint density at radius 1 is 0.455 bits per heavy atom. The van der Waals surface area contributed by atoms with E-state index >= 15 is 26.3 Å². The third-order valence-electron chi connectivity index (χ3n) is 22.5. The number of likely N-dealkylation sites (tertiary alicyclic amines) is 3. The molecule has 25 heteroatoms. The number of unbranched alkanes of at least 4 members (excludes halogenated alkanes) is 2. The first-order chi connectivity index (χ1) is 52.0. The summed E-state index contributed by atoms with van der Waals surface area (Å²) < 4.78 is 196. The quantitative estimate of drug-likeness (QED) is 0.0436. The number of benzene rings is 6. The van der Waals surface area contributed by atoms with Gasteiger partial charge < -0.3 is 34.3 Å². The molecule has 6 aliphatic rings. The minimum Gasteiger partial charge on any atom is -0.492 e. The number of aromatic amines is 3. The largest absolute Gasteiger partial charge is 0.492 e. The van der Waals surface area contributed by atoms with Crippen LogP contribution >= 0.6 is 0 Å². The lowest BCUT2D eigenvalue weighted by Crippen LogP contribution is -2.53. The average Bonchev–Trinajstić information content (AvgIpc) is 1.53. The minimum absolute atomic E-state index is 0. The molecule has 0 aliphatic carbocycles. The van der Waals surface area contributed by atoms with Crippen molar-refractivity contribution in [3.8, 4) is 17.2 Å². The molecule has 0 amide bonds. The summed E-state index contributed by atoms with van der Waals surface area (Å²) in [6.07, 6.45) is 2.25. The van der Waals surface area contributed by atoms with E-state index in [0.29, 0.717) is 62.8 Å². The van der Waals surface area contributed by atoms with Gasteiger partial charge in [0.15, 0.2) is 0 Å². The number of halogens is 12. The maximum Gasteiger partial charge on any atom is 0.401 e. The van der Waals surface area contributed by atoms with Gasteiger partial charge in [-0.2, -0.15) is 13.2 Å². The molecule has 3 saturated heterocycles. The number of H-pyrrole nitrogens is 3. The SMILES string of the molecule is C.CCC1CN(CCOc2cc(F)c([C@@H]3c4[nH]c5ccccc5c4C[C@@H](C)N3CC(F)(F)CO)c(F)c2)C1.CCCCN1CC(Oc2cc(F)c([C@@H]3c4[nH]c5ccccc5c4C[C@@H](C)N3CC(C)(C)F)c(F)c2)C1.CCCCN1CC(Oc2cc(F)c([C@@H]3c4[nH]c5ccccc5c4C[C@@H](C)N3CC(F)(F)F)c(F)c2)C1. The van der Waals surface area contributed by atoms with Crippen LogP contribution in [0.1, 0.15) is 164 Å². The van der Waals surface area contributed by atoms with Gasteiger partial charge in [0.05, 0.1) is 31.2 Å². The van der Waals surface area contributed by atoms with E-state index in [4.69, 9.17) is 14.2 Å². The van der Waals surface area contributed by atoms with Crippen molar-refractivity contribution in [1.29, 1.82) is 0 Å². The van der Waals surface area contributed by atoms with E-state index in [1.165, 1.54) is 30.9 Å². The molecule has 4 N–H and O–H groups in total. The third-order valence-corrected chi connectivity index (χ3v) is 22.5. The number of aliphatic hydroxyl groups is 1. The summed E-state index contributed by atoms with van der Waals surface area (Å²) in [7, 11) is 0. The third kappa shape index (κ3) is 17.8. The van der Waals surface area contributed by atoms with Gasteiger partial charge in [-0.15, -0.1) is 0 Å². The lowest BCUT2D eigenvalue weighted by molar-refractivity contribution is -0.155. The fraction of sp³-hybridized carbons (Fsp3) is 0.506. The molecular weight excluding hydrogens is 1440 g/mol. The molecule has 15 rings (SSSR count). The fourth-order valence-corrected chi connectivity index (χ4v) is 17.0. The number of nitrogens with one attached hydrogen (secondary N) is 3. The molecule has 9 heterocycles. The number of nitrogens with zero attached hydrogens (tertiary/aromatic N) is 6. The van der Waals surface area contributed by atoms with Gasteiger partial charge in [-0.25, -0.2) is 39.5 Å². The monoisotopic (exact) mass is 1540 g/mol. The van der Waals surface area contributed by atoms with Gasteiger partial charge in [-0.1, -0.05) is 102 Å². The van der Waals surface area contributed by atoms with Crippen molar-refractivity contribution < 1.29 is 72.0 Å². The predicted molar refractivity (Wildman–Crippen MR) is 406 cm³/mol. The highest BCUT2D eigenvalue weighted by Gasteiger charge is 2.47. The van der Waals surface area contributed by atoms with Crippen LogP contribution in [0.4, 0.5) is 52.7 Å². The molecule has 0 saturated carbocycles. The molecule has 3 fully saturated rings. The molecule has 3 aromatic heterocycles. The Morgan fingerprint density at radius 2 is 0.791 bits per heavy atom. The number of alkyl halides is 6. The van der Waals surface area contributed by atoms with Crippen LogP contribution in [0.25, 0.3) is 32.7 Å². The Bertz CT molecular complexity index is 4370. The van der Waals surface area contributed by atoms with Crippen LogP contribution in [0.5, 0.6) is 17.2 Å². The van der Waals surface area contributed by atoms with E-state index in [-0.39, 0.29) is 60.6 Å². The molecule has 0 radical (unpaired) electrons. The highest BCUT2D eigenvalue weighted by molar-refractivity contribution is 5.87. The molecule has 0 unspecified atom stereocenters. The Kier molecular flexibility index (Phi) is 25.2. The number of para-hydroxylation sites is 3. The molecule has 13 nitrogen and oxygen atoms in total. The van der Waals surface area contributed by atoms with E-state index in [0.717, 1.165) is 156 Å². The second-order valence-corrected chi connectivity index (χ2v) is 31.4. The van der Waals surface area contributed by atoms with Crippen molar-refractivity contribution in [1.82, 2.24) is 44.4 Å². The first kappa shape index (κ1) is 81.7. The normalized spacial score (nSPS) is 21.2. The van der Waals surface area contributed by atoms with Crippen molar-refractivity contribution in [3.63, 3.8) is 0 Å². The molecule has 6 aromatic carbocycles. The van der Waals surface area contributed by atoms with Gasteiger partial charge >= 0.3 is 6.18 Å². The topological polar surface area (TPSA) is 115 Å². The Labute approximate surface area is 636 Å². The van der Waals surface area contributed by atoms with Crippen LogP contribution in [0, 0.1) is 40.8 Å². The Morgan fingerprint density at radius 3 is 1.13 bits per heavy atom. The second-order valence-electron chi connectivity index (χ2n) is 31.4. The number of hydrogen-bond donors (Lipinski definition) is 4. The molecule has 0 bridgehead atoms. The van der Waals surface area contributed by atoms with Gasteiger partial charge in [0, 0.05) is 173 Å². The van der Waals surface area contributed by atoms with Crippen LogP contribution in [0.2, 0.25) is 0 Å². The summed E-state index contributed by atoms with van der Waals surface area (Å²) in [6.45, 7) is 19.3. The highest BCUT2D eigenvalue weighted by atomic mass is 19.4. The van der Waals surface area contributed by atoms with E-state index < -0.39 is 108 Å². The van der Waals surface area contributed by atoms with Crippen LogP contribution in [0.15, 0.2) is 109 Å². The van der Waals surface area contributed by atoms with Crippen molar-refractivity contribution >= 4 is 32.7 Å². The zero-order chi connectivity index (χ0) is 77.5. The van der Waals surface area contributed by atoms with Crippen molar-refractivity contribution in [3.05, 3.63) is 195 Å². The number of fused-ring (bicyclic) bond motifs is 9. The predicted octanol–water partition coefficient (Wildman–Crippen LogP) is 18.4. The molecule has 0 spiro atoms. The molecule has 6 aliphatic heterocycles. The Balaban J connectivity index is 0.000000153. The number of rotatable bonds is 24. The van der Waals surface area contributed by atoms with Crippen LogP contribution in [-0.4, -0.2) is 189 Å². The zero-order valence-corrected chi connectivity index (χ0v) is 63.0. The zero-order valence-electron chi connectivity index (χ0n) is 63.0. The smallest absolute Gasteiger partial charge is 0.401 e. The van der Waals surface area contributed by atoms with Crippen LogP contribution in [-0.2, 0) is 19.3 Å². The van der Waals surface area contributed by atoms with Crippen LogP contribution < -0.4 is 14.2 Å². The lowest BCUT2D eigenvalue weighted by atomic mass is 9.87. The standard InChI is InChI=1S/C29H36F3N3O.C28H33F4N3O2.C27H30F5N3O.CH4/c1-5-6-11-34-15-20(16-34)36-19-13-23(30)26(24(31)14-19)28-27-22(21-9-7-8-10-25(21)33-27)12-18(2)35(28)17-29(3,4)32;1-3-18-13-34(14-18)8-9-37-19-11-22(29)25(23(30)12-19)27-26-21(20-6-4-5-7-24(20)33-26)10-17(2)35(27)15-28(31,32)16-36;1-3-4-9-34-13-18(14-34)36-17-11-21(28)24(22(29)12-17)26-25-20(19-7-5-6-8-23(19)33-25)10-16(2)35(26)15-27(30,31)32;/h7-10,13-14,18,20,28,33H,5-6,11-12,15-17H2,1-4H3;4-7,11-12,17-18,27,33,36H,3,8-10,13-16H2,1-2H3;5-8,11-12,16,18,26,33H,3-4,9-10,13-15H2,1-2H3;1H4/t18-,28-;17-,27-;16-,26-;/m111./s1. The second kappa shape index (κ2) is 33.9. The molecule has 596 valence electrons. The maximum absolute atomic E-state index is 15.7. The van der Waals surface area contributed by atoms with Gasteiger partial charge in [-0.05, 0) is 121 Å². The number of hydrogen-bond acceptors (Lipinski definition) is 10. The van der Waals surface area contributed by atoms with Gasteiger partial charge in [0.2, 0.25) is 0 Å². The average molecular weight is 1540 g/mol. The summed E-state index contributed by atoms with van der Waals surface area (Å²) in [6, 6.07) is 25.5. The summed E-state index contributed by atoms with van der Waals surface area (Å²) >= 11 is 0. The van der Waals surface area contributed by atoms with Gasteiger partial charge in [-0.3, -0.25) is 29.4 Å². The van der Waals surface area contributed by atoms with E-state index in [2.05, 4.69) is 50.4 Å². The highest BCUT2D eigenvalue weighted by Crippen LogP contribution is 2.48. The summed E-state index contributed by atoms with van der Waals surface area (Å²) in [5, 5.41) is 12.0.